The molecule has 3 aromatic rings. The fourth-order valence-corrected chi connectivity index (χ4v) is 5.26. The van der Waals surface area contributed by atoms with Crippen molar-refractivity contribution in [2.45, 2.75) is 39.4 Å². The number of amides is 2. The van der Waals surface area contributed by atoms with Gasteiger partial charge in [-0.2, -0.15) is 18.2 Å². The second-order valence-corrected chi connectivity index (χ2v) is 9.96. The van der Waals surface area contributed by atoms with E-state index >= 15 is 0 Å². The Morgan fingerprint density at radius 3 is 2.50 bits per heavy atom. The minimum absolute atomic E-state index is 0.135. The fraction of sp³-hybridized carbons (Fsp3) is 0.429. The monoisotopic (exact) mass is 586 g/mol. The summed E-state index contributed by atoms with van der Waals surface area (Å²) in [5, 5.41) is 9.36. The van der Waals surface area contributed by atoms with E-state index in [-0.39, 0.29) is 29.1 Å². The predicted octanol–water partition coefficient (Wildman–Crippen LogP) is 4.74. The van der Waals surface area contributed by atoms with Crippen LogP contribution >= 0.6 is 0 Å². The zero-order valence-electron chi connectivity index (χ0n) is 23.7. The number of likely N-dealkylation sites (N-methyl/N-ethyl adjacent to an activating group) is 1. The van der Waals surface area contributed by atoms with Crippen molar-refractivity contribution in [3.05, 3.63) is 53.5 Å². The van der Waals surface area contributed by atoms with Gasteiger partial charge in [-0.3, -0.25) is 14.6 Å². The molecule has 224 valence electrons. The molecule has 11 nitrogen and oxygen atoms in total. The lowest BCUT2D eigenvalue weighted by Gasteiger charge is -2.30. The number of carbonyl (C=O) groups excluding carboxylic acids is 2. The van der Waals surface area contributed by atoms with Crippen LogP contribution in [0.1, 0.15) is 53.1 Å². The molecule has 2 aliphatic rings. The van der Waals surface area contributed by atoms with Crippen LogP contribution in [-0.2, 0) is 12.7 Å². The van der Waals surface area contributed by atoms with Gasteiger partial charge in [0.05, 0.1) is 18.5 Å². The first kappa shape index (κ1) is 29.2. The summed E-state index contributed by atoms with van der Waals surface area (Å²) in [6.07, 6.45) is -0.353. The van der Waals surface area contributed by atoms with Gasteiger partial charge in [-0.25, -0.2) is 9.99 Å². The molecule has 14 heteroatoms. The van der Waals surface area contributed by atoms with E-state index in [4.69, 9.17) is 4.74 Å². The molecule has 42 heavy (non-hydrogen) atoms. The molecular formula is C28H33F3N8O3. The highest BCUT2D eigenvalue weighted by atomic mass is 19.4. The number of ether oxygens (including phenoxy) is 1. The van der Waals surface area contributed by atoms with Crippen LogP contribution < -0.4 is 15.4 Å². The van der Waals surface area contributed by atoms with E-state index in [1.54, 1.807) is 44.9 Å². The lowest BCUT2D eigenvalue weighted by molar-refractivity contribution is -0.137. The molecule has 5 rings (SSSR count). The molecule has 2 amide bonds. The van der Waals surface area contributed by atoms with Crippen molar-refractivity contribution < 1.29 is 27.5 Å². The Balaban J connectivity index is 1.43. The van der Waals surface area contributed by atoms with Crippen LogP contribution in [0.15, 0.2) is 36.7 Å². The summed E-state index contributed by atoms with van der Waals surface area (Å²) in [5.41, 5.74) is 0.164. The number of benzene rings is 1. The van der Waals surface area contributed by atoms with Gasteiger partial charge >= 0.3 is 6.18 Å². The summed E-state index contributed by atoms with van der Waals surface area (Å²) in [6, 6.07) is 6.35. The number of alkyl halides is 3. The molecule has 2 aromatic heterocycles. The van der Waals surface area contributed by atoms with Crippen LogP contribution in [0.2, 0.25) is 0 Å². The SMILES string of the molecule is CCN1CCn2ccc(Nc3nc(Nc4ccc(C(=O)N(CC)N5CCCC5)cc4OC)ncc3C(F)(F)F)c2C1=O. The molecule has 0 aliphatic carbocycles. The van der Waals surface area contributed by atoms with Crippen LogP contribution in [0.4, 0.5) is 36.3 Å². The minimum Gasteiger partial charge on any atom is -0.495 e. The highest BCUT2D eigenvalue weighted by Gasteiger charge is 2.36. The van der Waals surface area contributed by atoms with Crippen molar-refractivity contribution >= 4 is 35.0 Å². The Morgan fingerprint density at radius 2 is 1.83 bits per heavy atom. The van der Waals surface area contributed by atoms with Gasteiger partial charge in [-0.1, -0.05) is 0 Å². The number of aromatic nitrogens is 3. The molecule has 0 radical (unpaired) electrons. The predicted molar refractivity (Wildman–Crippen MR) is 150 cm³/mol. The molecule has 1 saturated heterocycles. The molecule has 1 aromatic carbocycles. The van der Waals surface area contributed by atoms with E-state index in [9.17, 15) is 22.8 Å². The Morgan fingerprint density at radius 1 is 1.07 bits per heavy atom. The Labute approximate surface area is 241 Å². The van der Waals surface area contributed by atoms with Gasteiger partial charge in [0, 0.05) is 57.2 Å². The minimum atomic E-state index is -4.75. The van der Waals surface area contributed by atoms with Crippen LogP contribution in [-0.4, -0.2) is 81.1 Å². The molecular weight excluding hydrogens is 553 g/mol. The molecule has 0 atom stereocenters. The van der Waals surface area contributed by atoms with Crippen molar-refractivity contribution in [2.24, 2.45) is 0 Å². The highest BCUT2D eigenvalue weighted by molar-refractivity contribution is 5.99. The number of carbonyl (C=O) groups is 2. The standard InChI is InChI=1S/C28H33F3N8O3/c1-4-36-14-15-37-13-10-21(23(37)26(36)41)33-24-19(28(29,30)31)17-32-27(35-24)34-20-9-8-18(16-22(20)42-3)25(40)39(5-2)38-11-6-7-12-38/h8-10,13,16-17H,4-7,11-12,14-15H2,1-3H3,(H2,32,33,34,35). The van der Waals surface area contributed by atoms with E-state index in [1.165, 1.54) is 7.11 Å². The number of nitrogens with one attached hydrogen (secondary N) is 2. The Kier molecular flexibility index (Phi) is 8.25. The van der Waals surface area contributed by atoms with E-state index < -0.39 is 17.6 Å². The summed E-state index contributed by atoms with van der Waals surface area (Å²) < 4.78 is 49.0. The molecule has 0 bridgehead atoms. The van der Waals surface area contributed by atoms with Gasteiger partial charge in [0.2, 0.25) is 5.95 Å². The maximum absolute atomic E-state index is 13.9. The number of hydrogen-bond acceptors (Lipinski definition) is 8. The van der Waals surface area contributed by atoms with Gasteiger partial charge in [0.15, 0.2) is 0 Å². The highest BCUT2D eigenvalue weighted by Crippen LogP contribution is 2.37. The Hall–Kier alpha value is -4.33. The van der Waals surface area contributed by atoms with Gasteiger partial charge < -0.3 is 24.8 Å². The van der Waals surface area contributed by atoms with Crippen molar-refractivity contribution in [2.75, 3.05) is 50.5 Å². The number of hydrogen-bond donors (Lipinski definition) is 2. The van der Waals surface area contributed by atoms with Crippen LogP contribution in [0.25, 0.3) is 0 Å². The Bertz CT molecular complexity index is 1470. The molecule has 0 unspecified atom stereocenters. The summed E-state index contributed by atoms with van der Waals surface area (Å²) in [6.45, 7) is 7.45. The van der Waals surface area contributed by atoms with Crippen molar-refractivity contribution in [1.82, 2.24) is 29.5 Å². The summed E-state index contributed by atoms with van der Waals surface area (Å²) >= 11 is 0. The number of nitrogens with zero attached hydrogens (tertiary/aromatic N) is 6. The first-order valence-electron chi connectivity index (χ1n) is 13.9. The quantitative estimate of drug-likeness (QED) is 0.370. The van der Waals surface area contributed by atoms with Crippen LogP contribution in [0.5, 0.6) is 5.75 Å². The second kappa shape index (κ2) is 11.9. The summed E-state index contributed by atoms with van der Waals surface area (Å²) in [4.78, 5) is 35.8. The van der Waals surface area contributed by atoms with Crippen molar-refractivity contribution in [3.63, 3.8) is 0 Å². The molecule has 4 heterocycles. The summed E-state index contributed by atoms with van der Waals surface area (Å²) in [5.74, 6) is -0.797. The van der Waals surface area contributed by atoms with E-state index in [2.05, 4.69) is 20.6 Å². The molecule has 0 spiro atoms. The number of halogens is 3. The van der Waals surface area contributed by atoms with E-state index in [0.29, 0.717) is 49.4 Å². The third-order valence-electron chi connectivity index (χ3n) is 7.45. The normalized spacial score (nSPS) is 15.5. The van der Waals surface area contributed by atoms with Gasteiger partial charge in [-0.15, -0.1) is 0 Å². The number of fused-ring (bicyclic) bond motifs is 1. The summed E-state index contributed by atoms with van der Waals surface area (Å²) in [7, 11) is 1.43. The molecule has 2 aliphatic heterocycles. The van der Waals surface area contributed by atoms with E-state index in [0.717, 1.165) is 25.9 Å². The van der Waals surface area contributed by atoms with Crippen molar-refractivity contribution in [1.29, 1.82) is 0 Å². The number of methoxy groups -OCH3 is 1. The van der Waals surface area contributed by atoms with E-state index in [1.807, 2.05) is 18.9 Å². The third-order valence-corrected chi connectivity index (χ3v) is 7.45. The maximum atomic E-state index is 13.9. The smallest absolute Gasteiger partial charge is 0.421 e. The average molecular weight is 587 g/mol. The first-order chi connectivity index (χ1) is 20.1. The van der Waals surface area contributed by atoms with Gasteiger partial charge in [-0.05, 0) is 51.0 Å². The lowest BCUT2D eigenvalue weighted by Crippen LogP contribution is -2.44. The zero-order chi connectivity index (χ0) is 30.0. The van der Waals surface area contributed by atoms with Crippen LogP contribution in [0.3, 0.4) is 0 Å². The van der Waals surface area contributed by atoms with Gasteiger partial charge in [0.1, 0.15) is 22.8 Å². The number of anilines is 4. The third kappa shape index (κ3) is 5.71. The number of hydrazine groups is 1. The molecule has 0 saturated carbocycles. The van der Waals surface area contributed by atoms with Crippen LogP contribution in [0, 0.1) is 0 Å². The van der Waals surface area contributed by atoms with Gasteiger partial charge in [0.25, 0.3) is 11.8 Å². The lowest BCUT2D eigenvalue weighted by atomic mass is 10.1. The first-order valence-corrected chi connectivity index (χ1v) is 13.9. The molecule has 1 fully saturated rings. The largest absolute Gasteiger partial charge is 0.495 e. The topological polar surface area (TPSA) is 108 Å². The maximum Gasteiger partial charge on any atom is 0.421 e. The average Bonchev–Trinajstić information content (AvgIpc) is 3.64. The zero-order valence-corrected chi connectivity index (χ0v) is 23.7. The molecule has 2 N–H and O–H groups in total. The fourth-order valence-electron chi connectivity index (χ4n) is 5.26. The van der Waals surface area contributed by atoms with Crippen molar-refractivity contribution in [3.8, 4) is 5.75 Å². The number of rotatable bonds is 9. The second-order valence-electron chi connectivity index (χ2n) is 9.96.